The fourth-order valence-corrected chi connectivity index (χ4v) is 2.66. The molecule has 5 nitrogen and oxygen atoms in total. The van der Waals surface area contributed by atoms with Crippen molar-refractivity contribution in [3.05, 3.63) is 18.2 Å². The highest BCUT2D eigenvalue weighted by Gasteiger charge is 2.29. The van der Waals surface area contributed by atoms with E-state index in [1.54, 1.807) is 4.90 Å². The zero-order valence-electron chi connectivity index (χ0n) is 11.3. The van der Waals surface area contributed by atoms with Gasteiger partial charge in [-0.25, -0.2) is 0 Å². The maximum Gasteiger partial charge on any atom is 0.265 e. The molecule has 1 saturated heterocycles. The van der Waals surface area contributed by atoms with Gasteiger partial charge in [0.1, 0.15) is 11.4 Å². The number of nitrogens with zero attached hydrogens (tertiary/aromatic N) is 2. The number of para-hydroxylation sites is 1. The third kappa shape index (κ3) is 2.19. The number of carbonyl (C=O) groups excluding carboxylic acids is 1. The molecule has 2 aliphatic rings. The van der Waals surface area contributed by atoms with E-state index in [0.29, 0.717) is 0 Å². The average molecular weight is 271 g/mol. The first-order valence-corrected chi connectivity index (χ1v) is 6.76. The molecule has 1 amide bonds. The van der Waals surface area contributed by atoms with Crippen molar-refractivity contribution in [1.29, 1.82) is 0 Å². The molecule has 1 fully saturated rings. The van der Waals surface area contributed by atoms with Crippen LogP contribution in [-0.2, 0) is 4.79 Å². The maximum atomic E-state index is 12.1. The van der Waals surface area contributed by atoms with Crippen LogP contribution in [0.1, 0.15) is 0 Å². The molecule has 104 valence electrons. The second-order valence-corrected chi connectivity index (χ2v) is 4.83. The van der Waals surface area contributed by atoms with Crippen LogP contribution in [0.2, 0.25) is 0 Å². The monoisotopic (exact) mass is 271 g/mol. The summed E-state index contributed by atoms with van der Waals surface area (Å²) in [4.78, 5) is 16.0. The highest BCUT2D eigenvalue weighted by Crippen LogP contribution is 2.40. The number of hydrogen-bond acceptors (Lipinski definition) is 4. The molecule has 0 spiro atoms. The van der Waals surface area contributed by atoms with Gasteiger partial charge in [-0.3, -0.25) is 9.69 Å². The van der Waals surface area contributed by atoms with Crippen molar-refractivity contribution in [2.45, 2.75) is 0 Å². The SMILES string of the molecule is C#CCN1C(=O)COc2cccc(N3CCNCC3)c21. The molecule has 1 aromatic carbocycles. The van der Waals surface area contributed by atoms with Crippen LogP contribution in [0.3, 0.4) is 0 Å². The highest BCUT2D eigenvalue weighted by molar-refractivity contribution is 6.02. The molecule has 0 radical (unpaired) electrons. The number of carbonyl (C=O) groups is 1. The third-order valence-electron chi connectivity index (χ3n) is 3.61. The Labute approximate surface area is 118 Å². The van der Waals surface area contributed by atoms with Crippen LogP contribution in [0.25, 0.3) is 0 Å². The van der Waals surface area contributed by atoms with Crippen molar-refractivity contribution in [2.24, 2.45) is 0 Å². The molecule has 5 heteroatoms. The summed E-state index contributed by atoms with van der Waals surface area (Å²) in [5.74, 6) is 3.20. The Morgan fingerprint density at radius 2 is 2.15 bits per heavy atom. The molecule has 2 aliphatic heterocycles. The lowest BCUT2D eigenvalue weighted by atomic mass is 10.1. The van der Waals surface area contributed by atoms with Crippen molar-refractivity contribution >= 4 is 17.3 Å². The summed E-state index contributed by atoms with van der Waals surface area (Å²) in [7, 11) is 0. The second-order valence-electron chi connectivity index (χ2n) is 4.83. The molecule has 0 aliphatic carbocycles. The van der Waals surface area contributed by atoms with Gasteiger partial charge in [0.2, 0.25) is 0 Å². The first kappa shape index (κ1) is 12.8. The molecule has 3 rings (SSSR count). The van der Waals surface area contributed by atoms with Crippen molar-refractivity contribution in [1.82, 2.24) is 5.32 Å². The first-order valence-electron chi connectivity index (χ1n) is 6.76. The standard InChI is InChI=1S/C15H17N3O2/c1-2-8-18-14(19)11-20-13-5-3-4-12(15(13)18)17-9-6-16-7-10-17/h1,3-5,16H,6-11H2. The van der Waals surface area contributed by atoms with Gasteiger partial charge in [0.05, 0.1) is 12.2 Å². The zero-order chi connectivity index (χ0) is 13.9. The van der Waals surface area contributed by atoms with E-state index in [1.807, 2.05) is 18.2 Å². The lowest BCUT2D eigenvalue weighted by Gasteiger charge is -2.36. The number of nitrogens with one attached hydrogen (secondary N) is 1. The fraction of sp³-hybridized carbons (Fsp3) is 0.400. The number of benzene rings is 1. The van der Waals surface area contributed by atoms with Crippen LogP contribution in [0, 0.1) is 12.3 Å². The van der Waals surface area contributed by atoms with E-state index in [2.05, 4.69) is 16.1 Å². The molecule has 1 N–H and O–H groups in total. The van der Waals surface area contributed by atoms with Gasteiger partial charge in [-0.05, 0) is 12.1 Å². The van der Waals surface area contributed by atoms with Gasteiger partial charge in [-0.1, -0.05) is 12.0 Å². The lowest BCUT2D eigenvalue weighted by Crippen LogP contribution is -2.45. The molecular weight excluding hydrogens is 254 g/mol. The van der Waals surface area contributed by atoms with E-state index < -0.39 is 0 Å². The van der Waals surface area contributed by atoms with E-state index >= 15 is 0 Å². The van der Waals surface area contributed by atoms with Crippen LogP contribution in [0.5, 0.6) is 5.75 Å². The minimum Gasteiger partial charge on any atom is -0.481 e. The number of ether oxygens (including phenoxy) is 1. The Bertz CT molecular complexity index is 559. The zero-order valence-corrected chi connectivity index (χ0v) is 11.3. The van der Waals surface area contributed by atoms with Crippen LogP contribution in [-0.4, -0.2) is 45.2 Å². The molecule has 20 heavy (non-hydrogen) atoms. The van der Waals surface area contributed by atoms with Crippen LogP contribution in [0.4, 0.5) is 11.4 Å². The molecule has 0 aromatic heterocycles. The van der Waals surface area contributed by atoms with Gasteiger partial charge in [0, 0.05) is 26.2 Å². The summed E-state index contributed by atoms with van der Waals surface area (Å²) in [6.45, 7) is 4.03. The third-order valence-corrected chi connectivity index (χ3v) is 3.61. The number of piperazine rings is 1. The minimum absolute atomic E-state index is 0.0552. The average Bonchev–Trinajstić information content (AvgIpc) is 2.50. The van der Waals surface area contributed by atoms with E-state index in [4.69, 9.17) is 11.2 Å². The summed E-state index contributed by atoms with van der Waals surface area (Å²) in [6, 6.07) is 5.87. The van der Waals surface area contributed by atoms with E-state index in [0.717, 1.165) is 43.3 Å². The lowest BCUT2D eigenvalue weighted by molar-refractivity contribution is -0.121. The quantitative estimate of drug-likeness (QED) is 0.794. The van der Waals surface area contributed by atoms with E-state index in [9.17, 15) is 4.79 Å². The first-order chi connectivity index (χ1) is 9.81. The van der Waals surface area contributed by atoms with E-state index in [-0.39, 0.29) is 19.1 Å². The molecule has 0 bridgehead atoms. The van der Waals surface area contributed by atoms with Crippen molar-refractivity contribution in [3.8, 4) is 18.1 Å². The van der Waals surface area contributed by atoms with E-state index in [1.165, 1.54) is 0 Å². The predicted molar refractivity (Wildman–Crippen MR) is 78.2 cm³/mol. The Hall–Kier alpha value is -2.19. The van der Waals surface area contributed by atoms with Crippen LogP contribution in [0.15, 0.2) is 18.2 Å². The van der Waals surface area contributed by atoms with Gasteiger partial charge >= 0.3 is 0 Å². The Kier molecular flexibility index (Phi) is 3.48. The Morgan fingerprint density at radius 1 is 1.35 bits per heavy atom. The molecule has 0 unspecified atom stereocenters. The number of anilines is 2. The number of terminal acetylenes is 1. The molecule has 0 saturated carbocycles. The van der Waals surface area contributed by atoms with Crippen molar-refractivity contribution < 1.29 is 9.53 Å². The largest absolute Gasteiger partial charge is 0.481 e. The van der Waals surface area contributed by atoms with Crippen molar-refractivity contribution in [3.63, 3.8) is 0 Å². The van der Waals surface area contributed by atoms with Gasteiger partial charge in [-0.15, -0.1) is 6.42 Å². The number of fused-ring (bicyclic) bond motifs is 1. The normalized spacial score (nSPS) is 18.2. The minimum atomic E-state index is -0.0852. The molecular formula is C15H17N3O2. The van der Waals surface area contributed by atoms with Crippen molar-refractivity contribution in [2.75, 3.05) is 49.1 Å². The molecule has 1 aromatic rings. The molecule has 2 heterocycles. The summed E-state index contributed by atoms with van der Waals surface area (Å²) in [5, 5.41) is 3.32. The second kappa shape index (κ2) is 5.43. The summed E-state index contributed by atoms with van der Waals surface area (Å²) in [6.07, 6.45) is 5.40. The summed E-state index contributed by atoms with van der Waals surface area (Å²) in [5.41, 5.74) is 1.83. The number of hydrogen-bond donors (Lipinski definition) is 1. The summed E-state index contributed by atoms with van der Waals surface area (Å²) < 4.78 is 5.54. The fourth-order valence-electron chi connectivity index (χ4n) is 2.66. The maximum absolute atomic E-state index is 12.1. The van der Waals surface area contributed by atoms with Gasteiger partial charge in [0.25, 0.3) is 5.91 Å². The number of rotatable bonds is 2. The summed E-state index contributed by atoms with van der Waals surface area (Å²) >= 11 is 0. The highest BCUT2D eigenvalue weighted by atomic mass is 16.5. The number of amides is 1. The van der Waals surface area contributed by atoms with Gasteiger partial charge < -0.3 is 15.0 Å². The van der Waals surface area contributed by atoms with Crippen LogP contribution < -0.4 is 19.9 Å². The van der Waals surface area contributed by atoms with Gasteiger partial charge in [0.15, 0.2) is 6.61 Å². The Balaban J connectivity index is 2.03. The molecule has 0 atom stereocenters. The smallest absolute Gasteiger partial charge is 0.265 e. The van der Waals surface area contributed by atoms with Gasteiger partial charge in [-0.2, -0.15) is 0 Å². The van der Waals surface area contributed by atoms with Crippen LogP contribution >= 0.6 is 0 Å². The topological polar surface area (TPSA) is 44.8 Å². The predicted octanol–water partition coefficient (Wildman–Crippen LogP) is 0.455. The Morgan fingerprint density at radius 3 is 2.90 bits per heavy atom.